The summed E-state index contributed by atoms with van der Waals surface area (Å²) in [4.78, 5) is 48.5. The van der Waals surface area contributed by atoms with E-state index in [1.165, 1.54) is 38.5 Å². The van der Waals surface area contributed by atoms with E-state index in [1.54, 1.807) is 0 Å². The van der Waals surface area contributed by atoms with Crippen LogP contribution in [0.3, 0.4) is 0 Å². The lowest BCUT2D eigenvalue weighted by molar-refractivity contribution is -0.161. The number of aliphatic hydroxyl groups excluding tert-OH is 1. The first-order chi connectivity index (χ1) is 36.2. The fraction of sp³-hybridized carbons (Fsp3) is 0.661. The highest BCUT2D eigenvalue weighted by Gasteiger charge is 2.28. The molecular formula is C62H103O11P. The Kier molecular flexibility index (Phi) is 52.5. The number of hydrogen-bond acceptors (Lipinski definition) is 10. The number of unbranched alkanes of at least 4 members (excludes halogenated alkanes) is 17. The molecule has 0 aliphatic carbocycles. The van der Waals surface area contributed by atoms with Crippen LogP contribution in [0.1, 0.15) is 226 Å². The average molecular weight is 1060 g/mol. The van der Waals surface area contributed by atoms with E-state index in [9.17, 15) is 28.9 Å². The summed E-state index contributed by atoms with van der Waals surface area (Å²) < 4.78 is 39.4. The van der Waals surface area contributed by atoms with Crippen molar-refractivity contribution in [2.75, 3.05) is 26.4 Å². The Labute approximate surface area is 450 Å². The van der Waals surface area contributed by atoms with Gasteiger partial charge in [0.1, 0.15) is 12.7 Å². The van der Waals surface area contributed by atoms with Crippen LogP contribution in [0, 0.1) is 0 Å². The van der Waals surface area contributed by atoms with Crippen molar-refractivity contribution < 1.29 is 52.2 Å². The second-order valence-corrected chi connectivity index (χ2v) is 20.2. The van der Waals surface area contributed by atoms with E-state index in [0.29, 0.717) is 25.7 Å². The number of rotatable bonds is 52. The van der Waals surface area contributed by atoms with Crippen LogP contribution < -0.4 is 0 Å². The summed E-state index contributed by atoms with van der Waals surface area (Å²) in [6.45, 7) is 4.34. The summed E-state index contributed by atoms with van der Waals surface area (Å²) in [7, 11) is -4.77. The summed E-state index contributed by atoms with van der Waals surface area (Å²) in [6.07, 6.45) is 66.2. The highest BCUT2D eigenvalue weighted by molar-refractivity contribution is 7.47. The van der Waals surface area contributed by atoms with E-state index in [2.05, 4.69) is 118 Å². The Bertz CT molecular complexity index is 1660. The van der Waals surface area contributed by atoms with E-state index in [0.717, 1.165) is 122 Å². The van der Waals surface area contributed by atoms with Gasteiger partial charge in [0.05, 0.1) is 19.8 Å². The Morgan fingerprint density at radius 2 is 0.743 bits per heavy atom. The van der Waals surface area contributed by atoms with E-state index in [4.69, 9.17) is 23.3 Å². The van der Waals surface area contributed by atoms with Gasteiger partial charge in [-0.05, 0) is 116 Å². The van der Waals surface area contributed by atoms with Crippen molar-refractivity contribution in [2.24, 2.45) is 0 Å². The largest absolute Gasteiger partial charge is 0.472 e. The normalized spacial score (nSPS) is 14.2. The molecule has 0 radical (unpaired) electrons. The van der Waals surface area contributed by atoms with Crippen molar-refractivity contribution in [1.82, 2.24) is 0 Å². The molecule has 0 saturated carbocycles. The molecule has 0 aromatic rings. The van der Waals surface area contributed by atoms with E-state index < -0.39 is 57.8 Å². The highest BCUT2D eigenvalue weighted by atomic mass is 31.2. The lowest BCUT2D eigenvalue weighted by atomic mass is 10.1. The maximum Gasteiger partial charge on any atom is 0.472 e. The zero-order valence-corrected chi connectivity index (χ0v) is 47.4. The fourth-order valence-corrected chi connectivity index (χ4v) is 8.07. The summed E-state index contributed by atoms with van der Waals surface area (Å²) in [5.74, 6) is -1.57. The van der Waals surface area contributed by atoms with Crippen molar-refractivity contribution in [3.63, 3.8) is 0 Å². The molecule has 0 aliphatic heterocycles. The molecule has 422 valence electrons. The number of carbonyl (C=O) groups excluding carboxylic acids is 3. The van der Waals surface area contributed by atoms with E-state index in [-0.39, 0.29) is 25.9 Å². The summed E-state index contributed by atoms with van der Waals surface area (Å²) in [6, 6.07) is 0. The third kappa shape index (κ3) is 53.0. The van der Waals surface area contributed by atoms with Gasteiger partial charge in [0, 0.05) is 19.3 Å². The minimum Gasteiger partial charge on any atom is -0.462 e. The quantitative estimate of drug-likeness (QED) is 0.0197. The van der Waals surface area contributed by atoms with Crippen LogP contribution in [0.4, 0.5) is 0 Å². The van der Waals surface area contributed by atoms with Gasteiger partial charge in [-0.3, -0.25) is 23.4 Å². The monoisotopic (exact) mass is 1050 g/mol. The van der Waals surface area contributed by atoms with Crippen molar-refractivity contribution in [1.29, 1.82) is 0 Å². The smallest absolute Gasteiger partial charge is 0.462 e. The van der Waals surface area contributed by atoms with Gasteiger partial charge in [0.2, 0.25) is 0 Å². The van der Waals surface area contributed by atoms with Gasteiger partial charge in [-0.25, -0.2) is 4.57 Å². The Balaban J connectivity index is 4.81. The Morgan fingerprint density at radius 1 is 0.392 bits per heavy atom. The van der Waals surface area contributed by atoms with Gasteiger partial charge in [-0.2, -0.15) is 0 Å². The van der Waals surface area contributed by atoms with E-state index in [1.807, 2.05) is 12.2 Å². The molecule has 0 heterocycles. The lowest BCUT2D eigenvalue weighted by Gasteiger charge is -2.21. The highest BCUT2D eigenvalue weighted by Crippen LogP contribution is 2.43. The molecule has 0 fully saturated rings. The second kappa shape index (κ2) is 55.4. The fourth-order valence-electron chi connectivity index (χ4n) is 7.28. The van der Waals surface area contributed by atoms with Crippen LogP contribution in [0.2, 0.25) is 0 Å². The molecule has 0 aliphatic rings. The van der Waals surface area contributed by atoms with Crippen molar-refractivity contribution in [3.05, 3.63) is 109 Å². The molecule has 12 heteroatoms. The number of carbonyl (C=O) groups is 3. The number of esters is 3. The number of hydrogen-bond donors (Lipinski definition) is 2. The maximum atomic E-state index is 12.9. The molecule has 2 N–H and O–H groups in total. The Morgan fingerprint density at radius 3 is 1.19 bits per heavy atom. The first-order valence-electron chi connectivity index (χ1n) is 28.8. The standard InChI is InChI=1S/C62H103O11P/c1-4-7-10-13-16-19-22-25-27-29-31-34-37-40-43-46-49-52-61(65)72-58(54-63)56-70-74(67,68)71-57-59(55-69-60(64)51-48-45-42-39-36-33-24-21-18-15-12-9-6-3)73-62(66)53-50-47-44-41-38-35-32-30-28-26-23-20-17-14-11-8-5-2/h8,11-12,15-17,19-21,24-28,32,35,41,44,58-59,63H,4-7,9-10,13-14,18,22-23,29-31,33-34,36-40,42-43,45-57H2,1-3H3,(H,67,68)/b11-8-,15-12-,19-16-,20-17-,24-21-,27-25-,28-26-,35-32-,44-41-. The van der Waals surface area contributed by atoms with E-state index >= 15 is 0 Å². The average Bonchev–Trinajstić information content (AvgIpc) is 3.39. The van der Waals surface area contributed by atoms with Crippen LogP contribution in [0.25, 0.3) is 0 Å². The van der Waals surface area contributed by atoms with Crippen LogP contribution in [0.15, 0.2) is 109 Å². The van der Waals surface area contributed by atoms with Crippen LogP contribution in [0.5, 0.6) is 0 Å². The van der Waals surface area contributed by atoms with Crippen molar-refractivity contribution in [2.45, 2.75) is 238 Å². The summed E-state index contributed by atoms with van der Waals surface area (Å²) in [5.41, 5.74) is 0. The van der Waals surface area contributed by atoms with Crippen LogP contribution >= 0.6 is 7.82 Å². The predicted molar refractivity (Wildman–Crippen MR) is 307 cm³/mol. The molecule has 0 rings (SSSR count). The second-order valence-electron chi connectivity index (χ2n) is 18.7. The lowest BCUT2D eigenvalue weighted by Crippen LogP contribution is -2.30. The molecule has 74 heavy (non-hydrogen) atoms. The number of allylic oxidation sites excluding steroid dienone is 18. The molecule has 0 amide bonds. The zero-order valence-electron chi connectivity index (χ0n) is 46.5. The Hall–Kier alpha value is -3.86. The minimum absolute atomic E-state index is 0.0807. The molecule has 0 aromatic heterocycles. The number of aliphatic hydroxyl groups is 1. The predicted octanol–water partition coefficient (Wildman–Crippen LogP) is 17.0. The SMILES string of the molecule is CC/C=C\C/C=C\C/C=C\C/C=C\C/C=C\CCCC(=O)OC(COC(=O)CCCCCCC/C=C\C/C=C\CCC)COP(=O)(O)OCC(CO)OC(=O)CCCCCCCCC/C=C\C/C=C\CCCCC. The minimum atomic E-state index is -4.77. The van der Waals surface area contributed by atoms with Crippen LogP contribution in [-0.4, -0.2) is 66.5 Å². The number of phosphoric ester groups is 1. The van der Waals surface area contributed by atoms with Gasteiger partial charge in [-0.1, -0.05) is 201 Å². The van der Waals surface area contributed by atoms with Gasteiger partial charge in [-0.15, -0.1) is 0 Å². The maximum absolute atomic E-state index is 12.9. The topological polar surface area (TPSA) is 155 Å². The molecule has 11 nitrogen and oxygen atoms in total. The third-order valence-electron chi connectivity index (χ3n) is 11.6. The molecule has 0 bridgehead atoms. The zero-order chi connectivity index (χ0) is 54.1. The van der Waals surface area contributed by atoms with Gasteiger partial charge in [0.25, 0.3) is 0 Å². The van der Waals surface area contributed by atoms with Crippen molar-refractivity contribution >= 4 is 25.7 Å². The summed E-state index contributed by atoms with van der Waals surface area (Å²) in [5, 5.41) is 9.82. The summed E-state index contributed by atoms with van der Waals surface area (Å²) >= 11 is 0. The molecule has 0 saturated heterocycles. The van der Waals surface area contributed by atoms with Gasteiger partial charge >= 0.3 is 25.7 Å². The molecule has 0 aromatic carbocycles. The first-order valence-corrected chi connectivity index (χ1v) is 30.3. The molecule has 3 atom stereocenters. The third-order valence-corrected chi connectivity index (χ3v) is 12.6. The molecule has 3 unspecified atom stereocenters. The number of ether oxygens (including phenoxy) is 3. The van der Waals surface area contributed by atoms with Gasteiger partial charge in [0.15, 0.2) is 6.10 Å². The van der Waals surface area contributed by atoms with Crippen molar-refractivity contribution in [3.8, 4) is 0 Å². The van der Waals surface area contributed by atoms with Crippen LogP contribution in [-0.2, 0) is 42.2 Å². The van der Waals surface area contributed by atoms with Gasteiger partial charge < -0.3 is 24.2 Å². The first kappa shape index (κ1) is 70.1. The number of phosphoric acid groups is 1. The molecular weight excluding hydrogens is 952 g/mol. The molecule has 0 spiro atoms.